The summed E-state index contributed by atoms with van der Waals surface area (Å²) in [5.41, 5.74) is 1.60. The highest BCUT2D eigenvalue weighted by atomic mass is 79.9. The summed E-state index contributed by atoms with van der Waals surface area (Å²) in [6, 6.07) is 10.4. The van der Waals surface area contributed by atoms with Crippen LogP contribution in [0.3, 0.4) is 0 Å². The van der Waals surface area contributed by atoms with Crippen molar-refractivity contribution in [3.8, 4) is 0 Å². The van der Waals surface area contributed by atoms with E-state index in [0.717, 1.165) is 10.0 Å². The molecule has 0 amide bonds. The summed E-state index contributed by atoms with van der Waals surface area (Å²) in [5, 5.41) is 1.02. The lowest BCUT2D eigenvalue weighted by Gasteiger charge is -2.13. The van der Waals surface area contributed by atoms with E-state index in [4.69, 9.17) is 23.2 Å². The fourth-order valence-electron chi connectivity index (χ4n) is 1.79. The van der Waals surface area contributed by atoms with Gasteiger partial charge in [0.25, 0.3) is 0 Å². The van der Waals surface area contributed by atoms with Gasteiger partial charge in [0, 0.05) is 14.9 Å². The number of hydrogen-bond donors (Lipinski definition) is 0. The summed E-state index contributed by atoms with van der Waals surface area (Å²) in [4.78, 5) is -0.139. The van der Waals surface area contributed by atoms with Gasteiger partial charge in [-0.25, -0.2) is 4.39 Å². The van der Waals surface area contributed by atoms with Crippen LogP contribution in [0.5, 0.6) is 0 Å². The highest BCUT2D eigenvalue weighted by Crippen LogP contribution is 2.35. The first-order valence-electron chi connectivity index (χ1n) is 5.51. The molecular formula is C14H9Br2Cl2F. The molecule has 0 aromatic heterocycles. The maximum Gasteiger partial charge on any atom is 0.128 e. The number of benzene rings is 2. The smallest absolute Gasteiger partial charge is 0.128 e. The van der Waals surface area contributed by atoms with Crippen molar-refractivity contribution in [1.29, 1.82) is 0 Å². The highest BCUT2D eigenvalue weighted by Gasteiger charge is 2.16. The van der Waals surface area contributed by atoms with Gasteiger partial charge in [0.05, 0.1) is 10.0 Å². The van der Waals surface area contributed by atoms with Crippen LogP contribution in [0, 0.1) is 5.82 Å². The molecule has 0 bridgehead atoms. The topological polar surface area (TPSA) is 0 Å². The van der Waals surface area contributed by atoms with Crippen LogP contribution in [-0.4, -0.2) is 0 Å². The van der Waals surface area contributed by atoms with Gasteiger partial charge in [0.1, 0.15) is 5.82 Å². The fourth-order valence-corrected chi connectivity index (χ4v) is 3.87. The van der Waals surface area contributed by atoms with Gasteiger partial charge in [0.2, 0.25) is 0 Å². The summed E-state index contributed by atoms with van der Waals surface area (Å²) in [5.74, 6) is -0.240. The Bertz CT molecular complexity index is 582. The Morgan fingerprint density at radius 3 is 2.47 bits per heavy atom. The van der Waals surface area contributed by atoms with Gasteiger partial charge in [-0.1, -0.05) is 67.2 Å². The quantitative estimate of drug-likeness (QED) is 0.486. The van der Waals surface area contributed by atoms with Crippen LogP contribution in [0.1, 0.15) is 16.0 Å². The van der Waals surface area contributed by atoms with Crippen molar-refractivity contribution >= 4 is 55.1 Å². The highest BCUT2D eigenvalue weighted by molar-refractivity contribution is 9.11. The van der Waals surface area contributed by atoms with Crippen LogP contribution in [0.2, 0.25) is 10.0 Å². The van der Waals surface area contributed by atoms with E-state index in [1.165, 1.54) is 6.07 Å². The third-order valence-corrected chi connectivity index (χ3v) is 4.92. The first-order chi connectivity index (χ1) is 8.99. The summed E-state index contributed by atoms with van der Waals surface area (Å²) >= 11 is 18.7. The summed E-state index contributed by atoms with van der Waals surface area (Å²) in [7, 11) is 0. The molecule has 0 radical (unpaired) electrons. The van der Waals surface area contributed by atoms with Crippen molar-refractivity contribution in [3.63, 3.8) is 0 Å². The average molecular weight is 427 g/mol. The van der Waals surface area contributed by atoms with Crippen molar-refractivity contribution in [2.24, 2.45) is 0 Å². The average Bonchev–Trinajstić information content (AvgIpc) is 2.33. The molecule has 0 nitrogen and oxygen atoms in total. The molecule has 0 saturated heterocycles. The number of alkyl halides is 1. The van der Waals surface area contributed by atoms with E-state index in [0.29, 0.717) is 22.0 Å². The molecule has 0 N–H and O–H groups in total. The zero-order valence-electron chi connectivity index (χ0n) is 9.64. The molecule has 0 aliphatic rings. The van der Waals surface area contributed by atoms with Crippen molar-refractivity contribution in [1.82, 2.24) is 0 Å². The normalized spacial score (nSPS) is 12.5. The first-order valence-corrected chi connectivity index (χ1v) is 7.97. The third kappa shape index (κ3) is 3.72. The second-order valence-electron chi connectivity index (χ2n) is 4.06. The van der Waals surface area contributed by atoms with E-state index < -0.39 is 0 Å². The Labute approximate surface area is 138 Å². The molecule has 2 aromatic rings. The maximum atomic E-state index is 13.8. The van der Waals surface area contributed by atoms with Gasteiger partial charge >= 0.3 is 0 Å². The van der Waals surface area contributed by atoms with Gasteiger partial charge in [-0.15, -0.1) is 0 Å². The summed E-state index contributed by atoms with van der Waals surface area (Å²) < 4.78 is 14.6. The van der Waals surface area contributed by atoms with E-state index in [2.05, 4.69) is 31.9 Å². The minimum absolute atomic E-state index is 0.139. The monoisotopic (exact) mass is 424 g/mol. The van der Waals surface area contributed by atoms with Gasteiger partial charge in [-0.2, -0.15) is 0 Å². The van der Waals surface area contributed by atoms with E-state index in [1.807, 2.05) is 12.1 Å². The molecule has 0 spiro atoms. The van der Waals surface area contributed by atoms with Crippen LogP contribution >= 0.6 is 55.1 Å². The molecule has 0 aliphatic carbocycles. The summed E-state index contributed by atoms with van der Waals surface area (Å²) in [6.07, 6.45) is 0.621. The molecule has 0 heterocycles. The second kappa shape index (κ2) is 6.57. The molecule has 1 unspecified atom stereocenters. The third-order valence-electron chi connectivity index (χ3n) is 2.71. The predicted octanol–water partition coefficient (Wildman–Crippen LogP) is 6.57. The molecule has 100 valence electrons. The first kappa shape index (κ1) is 15.3. The minimum Gasteiger partial charge on any atom is -0.207 e. The Kier molecular flexibility index (Phi) is 5.29. The van der Waals surface area contributed by atoms with E-state index >= 15 is 0 Å². The Balaban J connectivity index is 2.25. The van der Waals surface area contributed by atoms with Crippen LogP contribution in [0.4, 0.5) is 4.39 Å². The van der Waals surface area contributed by atoms with Gasteiger partial charge in [-0.3, -0.25) is 0 Å². The van der Waals surface area contributed by atoms with Crippen LogP contribution < -0.4 is 0 Å². The molecule has 1 atom stereocenters. The Morgan fingerprint density at radius 2 is 1.84 bits per heavy atom. The zero-order chi connectivity index (χ0) is 14.0. The lowest BCUT2D eigenvalue weighted by Crippen LogP contribution is -2.00. The molecule has 2 rings (SSSR count). The SMILES string of the molecule is Fc1cccc(Br)c1C(Br)Cc1ccc(Cl)c(Cl)c1. The van der Waals surface area contributed by atoms with Gasteiger partial charge < -0.3 is 0 Å². The standard InChI is InChI=1S/C14H9Br2Cl2F/c15-9-2-1-3-13(19)14(9)10(16)6-8-4-5-11(17)12(18)7-8/h1-5,7,10H,6H2. The largest absolute Gasteiger partial charge is 0.207 e. The fraction of sp³-hybridized carbons (Fsp3) is 0.143. The second-order valence-corrected chi connectivity index (χ2v) is 6.83. The van der Waals surface area contributed by atoms with Crippen LogP contribution in [-0.2, 0) is 6.42 Å². The summed E-state index contributed by atoms with van der Waals surface area (Å²) in [6.45, 7) is 0. The molecule has 0 aliphatic heterocycles. The zero-order valence-corrected chi connectivity index (χ0v) is 14.3. The molecule has 19 heavy (non-hydrogen) atoms. The van der Waals surface area contributed by atoms with Crippen LogP contribution in [0.15, 0.2) is 40.9 Å². The lowest BCUT2D eigenvalue weighted by atomic mass is 10.0. The van der Waals surface area contributed by atoms with Crippen molar-refractivity contribution in [3.05, 3.63) is 67.9 Å². The van der Waals surface area contributed by atoms with E-state index in [-0.39, 0.29) is 10.6 Å². The lowest BCUT2D eigenvalue weighted by molar-refractivity contribution is 0.606. The van der Waals surface area contributed by atoms with Gasteiger partial charge in [0.15, 0.2) is 0 Å². The van der Waals surface area contributed by atoms with Crippen molar-refractivity contribution in [2.45, 2.75) is 11.2 Å². The maximum absolute atomic E-state index is 13.8. The van der Waals surface area contributed by atoms with Crippen LogP contribution in [0.25, 0.3) is 0 Å². The predicted molar refractivity (Wildman–Crippen MR) is 85.9 cm³/mol. The Hall–Kier alpha value is -0.0900. The minimum atomic E-state index is -0.240. The molecule has 0 saturated carbocycles. The van der Waals surface area contributed by atoms with E-state index in [1.54, 1.807) is 18.2 Å². The van der Waals surface area contributed by atoms with Gasteiger partial charge in [-0.05, 0) is 36.2 Å². The molecule has 5 heteroatoms. The number of rotatable bonds is 3. The Morgan fingerprint density at radius 1 is 1.11 bits per heavy atom. The van der Waals surface area contributed by atoms with Crippen molar-refractivity contribution < 1.29 is 4.39 Å². The van der Waals surface area contributed by atoms with Crippen molar-refractivity contribution in [2.75, 3.05) is 0 Å². The molecular weight excluding hydrogens is 418 g/mol. The van der Waals surface area contributed by atoms with E-state index in [9.17, 15) is 4.39 Å². The number of halogens is 5. The molecule has 0 fully saturated rings. The number of hydrogen-bond acceptors (Lipinski definition) is 0. The molecule has 2 aromatic carbocycles.